The van der Waals surface area contributed by atoms with Gasteiger partial charge in [0.05, 0.1) is 12.7 Å². The Labute approximate surface area is 169 Å². The van der Waals surface area contributed by atoms with E-state index in [0.29, 0.717) is 44.0 Å². The van der Waals surface area contributed by atoms with Crippen molar-refractivity contribution in [3.8, 4) is 11.3 Å². The van der Waals surface area contributed by atoms with Gasteiger partial charge in [0.1, 0.15) is 0 Å². The number of aromatic nitrogens is 1. The maximum Gasteiger partial charge on any atom is 0.253 e. The minimum atomic E-state index is -0.0426. The number of carbonyl (C=O) groups is 2. The van der Waals surface area contributed by atoms with Gasteiger partial charge >= 0.3 is 0 Å². The van der Waals surface area contributed by atoms with Crippen LogP contribution in [0.15, 0.2) is 71.6 Å². The molecule has 0 atom stereocenters. The van der Waals surface area contributed by atoms with Crippen molar-refractivity contribution in [2.45, 2.75) is 0 Å². The maximum atomic E-state index is 12.8. The van der Waals surface area contributed by atoms with Crippen LogP contribution in [0.2, 0.25) is 0 Å². The summed E-state index contributed by atoms with van der Waals surface area (Å²) in [6, 6.07) is 16.7. The van der Waals surface area contributed by atoms with Gasteiger partial charge < -0.3 is 14.6 Å². The zero-order valence-electron chi connectivity index (χ0n) is 16.0. The molecule has 1 aliphatic heterocycles. The van der Waals surface area contributed by atoms with E-state index in [-0.39, 0.29) is 11.8 Å². The summed E-state index contributed by atoms with van der Waals surface area (Å²) in [5, 5.41) is 2.89. The Morgan fingerprint density at radius 3 is 2.34 bits per heavy atom. The highest BCUT2D eigenvalue weighted by Crippen LogP contribution is 2.20. The second-order valence-corrected chi connectivity index (χ2v) is 6.93. The molecule has 0 saturated carbocycles. The van der Waals surface area contributed by atoms with Crippen LogP contribution in [0, 0.1) is 0 Å². The molecule has 0 bridgehead atoms. The predicted molar refractivity (Wildman–Crippen MR) is 109 cm³/mol. The van der Waals surface area contributed by atoms with E-state index in [9.17, 15) is 9.59 Å². The molecule has 1 saturated heterocycles. The highest BCUT2D eigenvalue weighted by Gasteiger charge is 2.23. The number of nitrogens with zero attached hydrogens (tertiary/aromatic N) is 3. The molecule has 148 valence electrons. The van der Waals surface area contributed by atoms with Crippen LogP contribution in [-0.2, 0) is 4.79 Å². The van der Waals surface area contributed by atoms with Gasteiger partial charge in [0.2, 0.25) is 5.91 Å². The lowest BCUT2D eigenvalue weighted by molar-refractivity contribution is -0.117. The molecule has 2 heterocycles. The molecule has 1 fully saturated rings. The van der Waals surface area contributed by atoms with Crippen LogP contribution in [0.4, 0.5) is 5.69 Å². The van der Waals surface area contributed by atoms with Gasteiger partial charge in [-0.3, -0.25) is 14.5 Å². The Morgan fingerprint density at radius 1 is 0.966 bits per heavy atom. The molecule has 4 rings (SSSR count). The van der Waals surface area contributed by atoms with E-state index in [1.807, 2.05) is 47.4 Å². The molecular formula is C22H22N4O3. The van der Waals surface area contributed by atoms with Crippen LogP contribution in [-0.4, -0.2) is 59.3 Å². The largest absolute Gasteiger partial charge is 0.444 e. The van der Waals surface area contributed by atoms with Crippen molar-refractivity contribution < 1.29 is 14.0 Å². The number of benzene rings is 2. The quantitative estimate of drug-likeness (QED) is 0.725. The maximum absolute atomic E-state index is 12.8. The lowest BCUT2D eigenvalue weighted by Crippen LogP contribution is -2.50. The van der Waals surface area contributed by atoms with E-state index in [2.05, 4.69) is 15.2 Å². The number of piperazine rings is 1. The second-order valence-electron chi connectivity index (χ2n) is 6.93. The van der Waals surface area contributed by atoms with Crippen LogP contribution < -0.4 is 5.32 Å². The van der Waals surface area contributed by atoms with Crippen molar-refractivity contribution in [1.29, 1.82) is 0 Å². The van der Waals surface area contributed by atoms with E-state index in [0.717, 1.165) is 11.3 Å². The molecule has 1 N–H and O–H groups in total. The zero-order valence-corrected chi connectivity index (χ0v) is 16.0. The van der Waals surface area contributed by atoms with E-state index in [4.69, 9.17) is 4.42 Å². The smallest absolute Gasteiger partial charge is 0.253 e. The topological polar surface area (TPSA) is 78.7 Å². The number of hydrogen-bond acceptors (Lipinski definition) is 5. The van der Waals surface area contributed by atoms with E-state index < -0.39 is 0 Å². The third kappa shape index (κ3) is 4.70. The summed E-state index contributed by atoms with van der Waals surface area (Å²) in [5.41, 5.74) is 2.32. The van der Waals surface area contributed by atoms with Crippen molar-refractivity contribution in [2.75, 3.05) is 38.0 Å². The fraction of sp³-hybridized carbons (Fsp3) is 0.227. The number of anilines is 1. The fourth-order valence-corrected chi connectivity index (χ4v) is 3.35. The summed E-state index contributed by atoms with van der Waals surface area (Å²) in [5.74, 6) is 0.632. The summed E-state index contributed by atoms with van der Waals surface area (Å²) in [7, 11) is 0. The molecule has 7 nitrogen and oxygen atoms in total. The number of amides is 2. The van der Waals surface area contributed by atoms with Gasteiger partial charge in [0.15, 0.2) is 12.2 Å². The van der Waals surface area contributed by atoms with E-state index in [1.165, 1.54) is 6.39 Å². The lowest BCUT2D eigenvalue weighted by atomic mass is 10.1. The number of carbonyl (C=O) groups excluding carboxylic acids is 2. The van der Waals surface area contributed by atoms with Crippen LogP contribution in [0.25, 0.3) is 11.3 Å². The highest BCUT2D eigenvalue weighted by molar-refractivity contribution is 5.95. The molecule has 0 unspecified atom stereocenters. The Hall–Kier alpha value is -3.45. The van der Waals surface area contributed by atoms with Crippen LogP contribution in [0.1, 0.15) is 10.4 Å². The van der Waals surface area contributed by atoms with Crippen LogP contribution >= 0.6 is 0 Å². The normalized spacial score (nSPS) is 14.6. The Kier molecular flexibility index (Phi) is 5.67. The lowest BCUT2D eigenvalue weighted by Gasteiger charge is -2.34. The molecule has 0 aliphatic carbocycles. The minimum Gasteiger partial charge on any atom is -0.444 e. The monoisotopic (exact) mass is 390 g/mol. The number of rotatable bonds is 5. The van der Waals surface area contributed by atoms with Gasteiger partial charge in [-0.15, -0.1) is 0 Å². The Morgan fingerprint density at radius 2 is 1.69 bits per heavy atom. The standard InChI is InChI=1S/C22H22N4O3/c27-21(24-19-4-2-1-3-5-19)15-25-10-12-26(13-11-25)22(28)18-8-6-17(7-9-18)20-14-23-16-29-20/h1-9,14,16H,10-13,15H2,(H,24,27). The predicted octanol–water partition coefficient (Wildman–Crippen LogP) is 2.74. The van der Waals surface area contributed by atoms with Crippen LogP contribution in [0.3, 0.4) is 0 Å². The molecule has 1 aromatic heterocycles. The van der Waals surface area contributed by atoms with Crippen molar-refractivity contribution in [3.63, 3.8) is 0 Å². The van der Waals surface area contributed by atoms with E-state index in [1.54, 1.807) is 18.3 Å². The molecule has 2 amide bonds. The first-order chi connectivity index (χ1) is 14.2. The minimum absolute atomic E-state index is 0.00232. The van der Waals surface area contributed by atoms with Gasteiger partial charge in [-0.25, -0.2) is 4.98 Å². The highest BCUT2D eigenvalue weighted by atomic mass is 16.3. The number of nitrogens with one attached hydrogen (secondary N) is 1. The third-order valence-corrected chi connectivity index (χ3v) is 4.93. The summed E-state index contributed by atoms with van der Waals surface area (Å²) in [4.78, 5) is 32.8. The molecule has 0 spiro atoms. The average molecular weight is 390 g/mol. The first-order valence-corrected chi connectivity index (χ1v) is 9.54. The third-order valence-electron chi connectivity index (χ3n) is 4.93. The van der Waals surface area contributed by atoms with E-state index >= 15 is 0 Å². The molecule has 29 heavy (non-hydrogen) atoms. The number of oxazole rings is 1. The van der Waals surface area contributed by atoms with Gasteiger partial charge in [-0.2, -0.15) is 0 Å². The van der Waals surface area contributed by atoms with Gasteiger partial charge in [0.25, 0.3) is 5.91 Å². The molecule has 0 radical (unpaired) electrons. The Bertz CT molecular complexity index is 947. The number of hydrogen-bond donors (Lipinski definition) is 1. The molecule has 1 aliphatic rings. The Balaban J connectivity index is 1.28. The first kappa shape index (κ1) is 18.9. The van der Waals surface area contributed by atoms with Gasteiger partial charge in [-0.1, -0.05) is 30.3 Å². The molecular weight excluding hydrogens is 368 g/mol. The summed E-state index contributed by atoms with van der Waals surface area (Å²) >= 11 is 0. The summed E-state index contributed by atoms with van der Waals surface area (Å²) in [6.45, 7) is 2.86. The average Bonchev–Trinajstić information content (AvgIpc) is 3.29. The first-order valence-electron chi connectivity index (χ1n) is 9.54. The van der Waals surface area contributed by atoms with Gasteiger partial charge in [-0.05, 0) is 24.3 Å². The van der Waals surface area contributed by atoms with Crippen molar-refractivity contribution in [1.82, 2.24) is 14.8 Å². The second kappa shape index (κ2) is 8.70. The molecule has 3 aromatic rings. The van der Waals surface area contributed by atoms with Crippen molar-refractivity contribution >= 4 is 17.5 Å². The molecule has 2 aromatic carbocycles. The SMILES string of the molecule is O=C(CN1CCN(C(=O)c2ccc(-c3cnco3)cc2)CC1)Nc1ccccc1. The zero-order chi connectivity index (χ0) is 20.1. The van der Waals surface area contributed by atoms with Crippen molar-refractivity contribution in [3.05, 3.63) is 72.8 Å². The summed E-state index contributed by atoms with van der Waals surface area (Å²) < 4.78 is 5.27. The van der Waals surface area contributed by atoms with Gasteiger partial charge in [0, 0.05) is 43.0 Å². The number of para-hydroxylation sites is 1. The van der Waals surface area contributed by atoms with Crippen molar-refractivity contribution in [2.24, 2.45) is 0 Å². The van der Waals surface area contributed by atoms with Crippen LogP contribution in [0.5, 0.6) is 0 Å². The fourth-order valence-electron chi connectivity index (χ4n) is 3.35. The summed E-state index contributed by atoms with van der Waals surface area (Å²) in [6.07, 6.45) is 3.03. The molecule has 7 heteroatoms.